The van der Waals surface area contributed by atoms with Crippen molar-refractivity contribution in [2.45, 2.75) is 65.1 Å². The Bertz CT molecular complexity index is 685. The van der Waals surface area contributed by atoms with Crippen molar-refractivity contribution in [1.29, 1.82) is 0 Å². The van der Waals surface area contributed by atoms with Crippen molar-refractivity contribution in [1.82, 2.24) is 4.90 Å². The van der Waals surface area contributed by atoms with Gasteiger partial charge in [0.2, 0.25) is 0 Å². The number of likely N-dealkylation sites (N-methyl/N-ethyl adjacent to an activating group) is 1. The van der Waals surface area contributed by atoms with Crippen LogP contribution in [0.3, 0.4) is 0 Å². The molecule has 164 valence electrons. The van der Waals surface area contributed by atoms with Gasteiger partial charge in [-0.15, -0.1) is 0 Å². The molecule has 0 aromatic carbocycles. The third kappa shape index (κ3) is 4.04. The molecule has 0 unspecified atom stereocenters. The molecule has 0 aromatic heterocycles. The summed E-state index contributed by atoms with van der Waals surface area (Å²) in [5, 5.41) is 21.6. The highest BCUT2D eigenvalue weighted by molar-refractivity contribution is 5.86. The molecular formula is C23H37NO5. The number of ether oxygens (including phenoxy) is 1. The van der Waals surface area contributed by atoms with Crippen LogP contribution in [0.5, 0.6) is 0 Å². The summed E-state index contributed by atoms with van der Waals surface area (Å²) >= 11 is 0. The maximum Gasteiger partial charge on any atom is 0.330 e. The fourth-order valence-electron chi connectivity index (χ4n) is 6.27. The second-order valence-corrected chi connectivity index (χ2v) is 10.4. The van der Waals surface area contributed by atoms with Gasteiger partial charge >= 0.3 is 5.97 Å². The first-order valence-electron chi connectivity index (χ1n) is 10.9. The van der Waals surface area contributed by atoms with E-state index in [1.807, 2.05) is 19.0 Å². The zero-order chi connectivity index (χ0) is 21.6. The van der Waals surface area contributed by atoms with Crippen LogP contribution in [-0.4, -0.2) is 66.3 Å². The Hall–Kier alpha value is -1.24. The van der Waals surface area contributed by atoms with Gasteiger partial charge in [0.15, 0.2) is 0 Å². The summed E-state index contributed by atoms with van der Waals surface area (Å²) in [6, 6.07) is 0. The van der Waals surface area contributed by atoms with Gasteiger partial charge in [0, 0.05) is 19.0 Å². The monoisotopic (exact) mass is 407 g/mol. The average Bonchev–Trinajstić information content (AvgIpc) is 2.63. The van der Waals surface area contributed by atoms with Crippen LogP contribution >= 0.6 is 0 Å². The third-order valence-electron chi connectivity index (χ3n) is 8.12. The lowest BCUT2D eigenvalue weighted by Crippen LogP contribution is -2.61. The normalized spacial score (nSPS) is 40.5. The van der Waals surface area contributed by atoms with Crippen molar-refractivity contribution in [3.63, 3.8) is 0 Å². The highest BCUT2D eigenvalue weighted by Crippen LogP contribution is 2.63. The Morgan fingerprint density at radius 3 is 2.59 bits per heavy atom. The first kappa shape index (κ1) is 22.4. The van der Waals surface area contributed by atoms with Crippen LogP contribution in [-0.2, 0) is 14.3 Å². The molecule has 0 aromatic rings. The highest BCUT2D eigenvalue weighted by atomic mass is 16.5. The quantitative estimate of drug-likeness (QED) is 0.549. The number of carbonyl (C=O) groups excluding carboxylic acids is 2. The van der Waals surface area contributed by atoms with Gasteiger partial charge in [0.1, 0.15) is 12.4 Å². The number of hydrogen-bond acceptors (Lipinski definition) is 6. The largest absolute Gasteiger partial charge is 0.461 e. The average molecular weight is 408 g/mol. The summed E-state index contributed by atoms with van der Waals surface area (Å²) in [7, 11) is 3.82. The van der Waals surface area contributed by atoms with E-state index in [-0.39, 0.29) is 28.4 Å². The van der Waals surface area contributed by atoms with Crippen molar-refractivity contribution in [3.8, 4) is 0 Å². The van der Waals surface area contributed by atoms with E-state index >= 15 is 0 Å². The first-order valence-corrected chi connectivity index (χ1v) is 10.9. The zero-order valence-corrected chi connectivity index (χ0v) is 18.5. The number of rotatable bonds is 4. The van der Waals surface area contributed by atoms with E-state index in [1.54, 1.807) is 0 Å². The topological polar surface area (TPSA) is 87.1 Å². The molecule has 0 aliphatic heterocycles. The standard InChI is InChI=1S/C23H37NO5/c1-22(2)17-13-16(25)20-15(23(17,3)9-8-18(22)26)7-6-14(21(20)28)12-19(27)29-11-10-24(4)5/h12,15,17-18,20-21,26,28H,6-11,13H2,1-5H3/t15-,17-,18-,20-,21-,23+/m0/s1. The van der Waals surface area contributed by atoms with Crippen molar-refractivity contribution in [2.75, 3.05) is 27.2 Å². The minimum Gasteiger partial charge on any atom is -0.461 e. The summed E-state index contributed by atoms with van der Waals surface area (Å²) in [5.41, 5.74) is 0.219. The van der Waals surface area contributed by atoms with Gasteiger partial charge in [-0.2, -0.15) is 0 Å². The van der Waals surface area contributed by atoms with Gasteiger partial charge < -0.3 is 19.8 Å². The van der Waals surface area contributed by atoms with Crippen LogP contribution in [0.25, 0.3) is 0 Å². The Kier molecular flexibility index (Phi) is 6.29. The maximum atomic E-state index is 13.1. The molecule has 6 nitrogen and oxygen atoms in total. The van der Waals surface area contributed by atoms with E-state index in [9.17, 15) is 19.8 Å². The lowest BCUT2D eigenvalue weighted by Gasteiger charge is -2.61. The number of carbonyl (C=O) groups is 2. The SMILES string of the molecule is CN(C)CCOC(=O)C=C1CC[C@H]2[C@@H](C(=O)C[C@H]3C(C)(C)[C@@H](O)CC[C@]23C)[C@H]1O. The number of nitrogens with zero attached hydrogens (tertiary/aromatic N) is 1. The van der Waals surface area contributed by atoms with E-state index in [0.29, 0.717) is 31.6 Å². The molecule has 3 aliphatic carbocycles. The fraction of sp³-hybridized carbons (Fsp3) is 0.826. The lowest BCUT2D eigenvalue weighted by molar-refractivity contribution is -0.176. The van der Waals surface area contributed by atoms with Gasteiger partial charge in [-0.25, -0.2) is 4.79 Å². The number of fused-ring (bicyclic) bond motifs is 3. The van der Waals surface area contributed by atoms with E-state index in [2.05, 4.69) is 20.8 Å². The summed E-state index contributed by atoms with van der Waals surface area (Å²) in [5.74, 6) is -0.650. The summed E-state index contributed by atoms with van der Waals surface area (Å²) in [4.78, 5) is 27.2. The highest BCUT2D eigenvalue weighted by Gasteiger charge is 2.61. The van der Waals surface area contributed by atoms with Crippen LogP contribution in [0.15, 0.2) is 11.6 Å². The van der Waals surface area contributed by atoms with E-state index < -0.39 is 24.1 Å². The Labute approximate surface area is 174 Å². The maximum absolute atomic E-state index is 13.1. The smallest absolute Gasteiger partial charge is 0.330 e. The molecule has 3 aliphatic rings. The molecule has 2 N–H and O–H groups in total. The van der Waals surface area contributed by atoms with Crippen LogP contribution in [0, 0.1) is 28.6 Å². The second kappa shape index (κ2) is 8.12. The minimum atomic E-state index is -0.921. The Balaban J connectivity index is 1.78. The van der Waals surface area contributed by atoms with Crippen LogP contribution < -0.4 is 0 Å². The number of hydrogen-bond donors (Lipinski definition) is 2. The molecule has 29 heavy (non-hydrogen) atoms. The van der Waals surface area contributed by atoms with Gasteiger partial charge in [0.05, 0.1) is 18.1 Å². The molecule has 0 heterocycles. The molecule has 6 heteroatoms. The van der Waals surface area contributed by atoms with E-state index in [0.717, 1.165) is 19.3 Å². The molecular weight excluding hydrogens is 370 g/mol. The number of esters is 1. The fourth-order valence-corrected chi connectivity index (χ4v) is 6.27. The molecule has 0 amide bonds. The van der Waals surface area contributed by atoms with Crippen molar-refractivity contribution < 1.29 is 24.5 Å². The Morgan fingerprint density at radius 2 is 1.93 bits per heavy atom. The van der Waals surface area contributed by atoms with Crippen molar-refractivity contribution in [2.24, 2.45) is 28.6 Å². The van der Waals surface area contributed by atoms with Gasteiger partial charge in [-0.3, -0.25) is 4.79 Å². The molecule has 3 rings (SSSR count). The second-order valence-electron chi connectivity index (χ2n) is 10.4. The van der Waals surface area contributed by atoms with Crippen LogP contribution in [0.1, 0.15) is 52.9 Å². The van der Waals surface area contributed by atoms with Crippen molar-refractivity contribution >= 4 is 11.8 Å². The summed E-state index contributed by atoms with van der Waals surface area (Å²) in [6.45, 7) is 7.32. The summed E-state index contributed by atoms with van der Waals surface area (Å²) < 4.78 is 5.23. The van der Waals surface area contributed by atoms with Gasteiger partial charge in [-0.1, -0.05) is 20.8 Å². The number of ketones is 1. The minimum absolute atomic E-state index is 0.0683. The number of aliphatic hydroxyl groups excluding tert-OH is 2. The zero-order valence-electron chi connectivity index (χ0n) is 18.5. The molecule has 3 fully saturated rings. The molecule has 3 saturated carbocycles. The van der Waals surface area contributed by atoms with E-state index in [1.165, 1.54) is 6.08 Å². The molecule has 0 saturated heterocycles. The van der Waals surface area contributed by atoms with E-state index in [4.69, 9.17) is 4.74 Å². The van der Waals surface area contributed by atoms with Crippen molar-refractivity contribution in [3.05, 3.63) is 11.6 Å². The predicted octanol–water partition coefficient (Wildman–Crippen LogP) is 2.18. The third-order valence-corrected chi connectivity index (χ3v) is 8.12. The first-order chi connectivity index (χ1) is 13.5. The lowest BCUT2D eigenvalue weighted by atomic mass is 9.43. The van der Waals surface area contributed by atoms with Crippen LogP contribution in [0.4, 0.5) is 0 Å². The van der Waals surface area contributed by atoms with Gasteiger partial charge in [-0.05, 0) is 68.0 Å². The predicted molar refractivity (Wildman–Crippen MR) is 110 cm³/mol. The number of Topliss-reactive ketones (excluding diaryl/α,β-unsaturated/α-hetero) is 1. The molecule has 0 spiro atoms. The van der Waals surface area contributed by atoms with Crippen LogP contribution in [0.2, 0.25) is 0 Å². The van der Waals surface area contributed by atoms with Gasteiger partial charge in [0.25, 0.3) is 0 Å². The summed E-state index contributed by atoms with van der Waals surface area (Å²) in [6.07, 6.45) is 3.45. The molecule has 6 atom stereocenters. The molecule has 0 bridgehead atoms. The Morgan fingerprint density at radius 1 is 1.24 bits per heavy atom. The molecule has 0 radical (unpaired) electrons. The number of aliphatic hydroxyl groups is 2.